The minimum Gasteiger partial charge on any atom is -0.236 e. The van der Waals surface area contributed by atoms with Gasteiger partial charge in [-0.05, 0) is 6.07 Å². The maximum absolute atomic E-state index is 6.15. The van der Waals surface area contributed by atoms with Crippen molar-refractivity contribution in [1.29, 1.82) is 0 Å². The third kappa shape index (κ3) is 2.02. The standard InChI is InChI=1S/C10H5Cl4N/c11-8-5-3-1-2-4-6(5)15-10(14)7(8)9(12)13/h1-4,9H. The SMILES string of the molecule is Clc1nc2ccccc2c(Cl)c1C(Cl)Cl. The van der Waals surface area contributed by atoms with Crippen molar-refractivity contribution >= 4 is 57.3 Å². The highest BCUT2D eigenvalue weighted by molar-refractivity contribution is 6.48. The van der Waals surface area contributed by atoms with Crippen LogP contribution < -0.4 is 0 Å². The van der Waals surface area contributed by atoms with Gasteiger partial charge in [-0.25, -0.2) is 4.98 Å². The molecule has 0 atom stereocenters. The van der Waals surface area contributed by atoms with Crippen LogP contribution in [0.2, 0.25) is 10.2 Å². The summed E-state index contributed by atoms with van der Waals surface area (Å²) in [6, 6.07) is 7.40. The van der Waals surface area contributed by atoms with Crippen LogP contribution in [0.4, 0.5) is 0 Å². The molecular weight excluding hydrogens is 276 g/mol. The lowest BCUT2D eigenvalue weighted by molar-refractivity contribution is 1.27. The lowest BCUT2D eigenvalue weighted by Crippen LogP contribution is -1.91. The number of aromatic nitrogens is 1. The summed E-state index contributed by atoms with van der Waals surface area (Å²) in [6.45, 7) is 0. The Morgan fingerprint density at radius 2 is 1.73 bits per heavy atom. The van der Waals surface area contributed by atoms with Gasteiger partial charge in [-0.15, -0.1) is 0 Å². The highest BCUT2D eigenvalue weighted by Crippen LogP contribution is 2.39. The predicted molar refractivity (Wildman–Crippen MR) is 66.2 cm³/mol. The molecule has 0 spiro atoms. The molecule has 2 aromatic rings. The summed E-state index contributed by atoms with van der Waals surface area (Å²) < 4.78 is 0. The molecule has 1 nitrogen and oxygen atoms in total. The van der Waals surface area contributed by atoms with Crippen LogP contribution >= 0.6 is 46.4 Å². The van der Waals surface area contributed by atoms with Crippen LogP contribution in [-0.2, 0) is 0 Å². The summed E-state index contributed by atoms with van der Waals surface area (Å²) >= 11 is 23.6. The molecule has 0 aliphatic carbocycles. The van der Waals surface area contributed by atoms with Crippen LogP contribution in [0.15, 0.2) is 24.3 Å². The third-order valence-corrected chi connectivity index (χ3v) is 3.17. The van der Waals surface area contributed by atoms with Gasteiger partial charge >= 0.3 is 0 Å². The van der Waals surface area contributed by atoms with Crippen LogP contribution in [0.25, 0.3) is 10.9 Å². The van der Waals surface area contributed by atoms with Gasteiger partial charge in [0, 0.05) is 10.9 Å². The Hall–Kier alpha value is -0.210. The van der Waals surface area contributed by atoms with Crippen molar-refractivity contribution in [2.24, 2.45) is 0 Å². The van der Waals surface area contributed by atoms with Crippen LogP contribution in [0, 0.1) is 0 Å². The molecule has 0 amide bonds. The van der Waals surface area contributed by atoms with Crippen molar-refractivity contribution in [3.8, 4) is 0 Å². The van der Waals surface area contributed by atoms with Gasteiger partial charge in [-0.2, -0.15) is 0 Å². The number of hydrogen-bond acceptors (Lipinski definition) is 1. The quantitative estimate of drug-likeness (QED) is 0.528. The Balaban J connectivity index is 2.84. The molecule has 2 rings (SSSR count). The average molecular weight is 281 g/mol. The summed E-state index contributed by atoms with van der Waals surface area (Å²) in [6.07, 6.45) is 0. The van der Waals surface area contributed by atoms with Gasteiger partial charge in [0.05, 0.1) is 10.5 Å². The van der Waals surface area contributed by atoms with Gasteiger partial charge in [-0.1, -0.05) is 64.6 Å². The van der Waals surface area contributed by atoms with Crippen LogP contribution in [-0.4, -0.2) is 4.98 Å². The summed E-state index contributed by atoms with van der Waals surface area (Å²) in [5.41, 5.74) is 1.19. The van der Waals surface area contributed by atoms with Crippen LogP contribution in [0.3, 0.4) is 0 Å². The third-order valence-electron chi connectivity index (χ3n) is 2.04. The lowest BCUT2D eigenvalue weighted by Gasteiger charge is -2.09. The molecule has 1 heterocycles. The van der Waals surface area contributed by atoms with E-state index in [1.54, 1.807) is 0 Å². The molecular formula is C10H5Cl4N. The molecule has 0 aliphatic rings. The number of hydrogen-bond donors (Lipinski definition) is 0. The largest absolute Gasteiger partial charge is 0.236 e. The summed E-state index contributed by atoms with van der Waals surface area (Å²) in [7, 11) is 0. The van der Waals surface area contributed by atoms with Crippen molar-refractivity contribution in [3.63, 3.8) is 0 Å². The number of alkyl halides is 2. The summed E-state index contributed by atoms with van der Waals surface area (Å²) in [5, 5.41) is 1.50. The molecule has 0 aliphatic heterocycles. The fourth-order valence-corrected chi connectivity index (χ4v) is 2.69. The summed E-state index contributed by atoms with van der Waals surface area (Å²) in [4.78, 5) is 3.39. The highest BCUT2D eigenvalue weighted by Gasteiger charge is 2.17. The molecule has 15 heavy (non-hydrogen) atoms. The average Bonchev–Trinajstić information content (AvgIpc) is 2.17. The first kappa shape index (κ1) is 11.3. The number of pyridine rings is 1. The normalized spacial score (nSPS) is 11.3. The molecule has 5 heteroatoms. The topological polar surface area (TPSA) is 12.9 Å². The molecule has 0 bridgehead atoms. The molecule has 1 aromatic carbocycles. The zero-order valence-corrected chi connectivity index (χ0v) is 10.4. The Labute approximate surface area is 107 Å². The number of fused-ring (bicyclic) bond motifs is 1. The second-order valence-electron chi connectivity index (χ2n) is 2.95. The summed E-state index contributed by atoms with van der Waals surface area (Å²) in [5.74, 6) is 0. The molecule has 0 saturated heterocycles. The van der Waals surface area contributed by atoms with E-state index >= 15 is 0 Å². The number of para-hydroxylation sites is 1. The van der Waals surface area contributed by atoms with E-state index in [9.17, 15) is 0 Å². The highest BCUT2D eigenvalue weighted by atomic mass is 35.5. The molecule has 0 saturated carbocycles. The number of rotatable bonds is 1. The molecule has 0 N–H and O–H groups in total. The van der Waals surface area contributed by atoms with Gasteiger partial charge in [-0.3, -0.25) is 0 Å². The Kier molecular flexibility index (Phi) is 3.27. The van der Waals surface area contributed by atoms with E-state index in [0.29, 0.717) is 10.6 Å². The van der Waals surface area contributed by atoms with Crippen molar-refractivity contribution in [1.82, 2.24) is 4.98 Å². The number of benzene rings is 1. The van der Waals surface area contributed by atoms with Gasteiger partial charge in [0.2, 0.25) is 0 Å². The van der Waals surface area contributed by atoms with Gasteiger partial charge in [0.1, 0.15) is 9.99 Å². The first-order valence-electron chi connectivity index (χ1n) is 4.13. The van der Waals surface area contributed by atoms with E-state index in [4.69, 9.17) is 46.4 Å². The molecule has 0 fully saturated rings. The van der Waals surface area contributed by atoms with E-state index in [-0.39, 0.29) is 5.15 Å². The van der Waals surface area contributed by atoms with Crippen LogP contribution in [0.1, 0.15) is 10.4 Å². The number of nitrogens with zero attached hydrogens (tertiary/aromatic N) is 1. The first-order valence-corrected chi connectivity index (χ1v) is 5.76. The number of halogens is 4. The lowest BCUT2D eigenvalue weighted by atomic mass is 10.2. The Morgan fingerprint density at radius 1 is 1.07 bits per heavy atom. The minimum atomic E-state index is -0.776. The Bertz CT molecular complexity index is 510. The van der Waals surface area contributed by atoms with Crippen molar-refractivity contribution in [2.45, 2.75) is 4.84 Å². The van der Waals surface area contributed by atoms with E-state index in [1.807, 2.05) is 24.3 Å². The van der Waals surface area contributed by atoms with Gasteiger partial charge in [0.25, 0.3) is 0 Å². The van der Waals surface area contributed by atoms with Crippen molar-refractivity contribution in [2.75, 3.05) is 0 Å². The fraction of sp³-hybridized carbons (Fsp3) is 0.100. The first-order chi connectivity index (χ1) is 7.11. The zero-order valence-electron chi connectivity index (χ0n) is 7.35. The Morgan fingerprint density at radius 3 is 2.40 bits per heavy atom. The fourth-order valence-electron chi connectivity index (χ4n) is 1.34. The smallest absolute Gasteiger partial charge is 0.137 e. The maximum atomic E-state index is 6.15. The van der Waals surface area contributed by atoms with Crippen molar-refractivity contribution in [3.05, 3.63) is 40.0 Å². The predicted octanol–water partition coefficient (Wildman–Crippen LogP) is 5.02. The van der Waals surface area contributed by atoms with Crippen LogP contribution in [0.5, 0.6) is 0 Å². The van der Waals surface area contributed by atoms with E-state index in [0.717, 1.165) is 10.9 Å². The monoisotopic (exact) mass is 279 g/mol. The van der Waals surface area contributed by atoms with Gasteiger partial charge < -0.3 is 0 Å². The maximum Gasteiger partial charge on any atom is 0.137 e. The zero-order chi connectivity index (χ0) is 11.0. The van der Waals surface area contributed by atoms with E-state index in [1.165, 1.54) is 0 Å². The molecule has 78 valence electrons. The molecule has 0 radical (unpaired) electrons. The second kappa shape index (κ2) is 4.34. The molecule has 1 aromatic heterocycles. The van der Waals surface area contributed by atoms with Gasteiger partial charge in [0.15, 0.2) is 0 Å². The second-order valence-corrected chi connectivity index (χ2v) is 4.78. The minimum absolute atomic E-state index is 0.244. The van der Waals surface area contributed by atoms with Crippen molar-refractivity contribution < 1.29 is 0 Å². The van der Waals surface area contributed by atoms with E-state index in [2.05, 4.69) is 4.98 Å². The van der Waals surface area contributed by atoms with E-state index < -0.39 is 4.84 Å². The molecule has 0 unspecified atom stereocenters.